The number of hydrogen-bond donors (Lipinski definition) is 2. The van der Waals surface area contributed by atoms with Crippen LogP contribution in [0.25, 0.3) is 0 Å². The predicted octanol–water partition coefficient (Wildman–Crippen LogP) is 4.75. The van der Waals surface area contributed by atoms with Gasteiger partial charge in [-0.05, 0) is 81.4 Å². The van der Waals surface area contributed by atoms with Crippen LogP contribution in [0, 0.1) is 34.6 Å². The number of ether oxygens (including phenoxy) is 1. The average molecular weight is 464 g/mol. The molecule has 0 aromatic heterocycles. The zero-order valence-electron chi connectivity index (χ0n) is 18.7. The molecule has 0 aliphatic heterocycles. The molecule has 33 heavy (non-hydrogen) atoms. The van der Waals surface area contributed by atoms with Crippen LogP contribution in [0.5, 0.6) is 0 Å². The van der Waals surface area contributed by atoms with Crippen LogP contribution >= 0.6 is 0 Å². The van der Waals surface area contributed by atoms with Crippen LogP contribution in [0.1, 0.15) is 57.1 Å². The first-order valence-corrected chi connectivity index (χ1v) is 11.2. The molecule has 4 bridgehead atoms. The third-order valence-corrected chi connectivity index (χ3v) is 7.55. The van der Waals surface area contributed by atoms with Gasteiger partial charge in [0.25, 0.3) is 0 Å². The van der Waals surface area contributed by atoms with Gasteiger partial charge in [-0.2, -0.15) is 18.4 Å². The molecule has 9 heteroatoms. The van der Waals surface area contributed by atoms with Crippen molar-refractivity contribution in [2.45, 2.75) is 70.4 Å². The number of hydrogen-bond acceptors (Lipinski definition) is 4. The summed E-state index contributed by atoms with van der Waals surface area (Å²) in [5.41, 5.74) is -2.08. The number of aliphatic carboxylic acids is 1. The van der Waals surface area contributed by atoms with Crippen LogP contribution in [0.3, 0.4) is 0 Å². The Morgan fingerprint density at radius 1 is 1.27 bits per heavy atom. The zero-order chi connectivity index (χ0) is 24.0. The van der Waals surface area contributed by atoms with Gasteiger partial charge in [0.05, 0.1) is 23.6 Å². The first-order chi connectivity index (χ1) is 15.4. The lowest BCUT2D eigenvalue weighted by atomic mass is 9.48. The number of alkyl halides is 3. The highest BCUT2D eigenvalue weighted by molar-refractivity contribution is 5.91. The maximum absolute atomic E-state index is 13.0. The summed E-state index contributed by atoms with van der Waals surface area (Å²) in [4.78, 5) is 16.8. The number of rotatable bonds is 6. The van der Waals surface area contributed by atoms with Gasteiger partial charge < -0.3 is 9.84 Å². The fraction of sp³-hybridized carbons (Fsp3) is 0.625. The van der Waals surface area contributed by atoms with E-state index in [9.17, 15) is 28.3 Å². The highest BCUT2D eigenvalue weighted by Gasteiger charge is 2.59. The van der Waals surface area contributed by atoms with Crippen molar-refractivity contribution in [3.63, 3.8) is 0 Å². The first kappa shape index (κ1) is 23.6. The zero-order valence-corrected chi connectivity index (χ0v) is 18.7. The highest BCUT2D eigenvalue weighted by Crippen LogP contribution is 2.61. The van der Waals surface area contributed by atoms with E-state index >= 15 is 0 Å². The number of amidine groups is 1. The molecule has 4 aliphatic carbocycles. The summed E-state index contributed by atoms with van der Waals surface area (Å²) in [6.45, 7) is 3.36. The largest absolute Gasteiger partial charge is 0.481 e. The van der Waals surface area contributed by atoms with Crippen molar-refractivity contribution in [3.05, 3.63) is 35.4 Å². The van der Waals surface area contributed by atoms with Crippen molar-refractivity contribution in [1.29, 1.82) is 5.26 Å². The molecule has 0 spiro atoms. The van der Waals surface area contributed by atoms with E-state index < -0.39 is 28.7 Å². The van der Waals surface area contributed by atoms with Gasteiger partial charge in [-0.1, -0.05) is 12.1 Å². The van der Waals surface area contributed by atoms with E-state index in [1.165, 1.54) is 6.07 Å². The molecule has 0 amide bonds. The molecule has 4 saturated carbocycles. The van der Waals surface area contributed by atoms with E-state index in [2.05, 4.69) is 5.32 Å². The number of halogens is 3. The van der Waals surface area contributed by atoms with Gasteiger partial charge in [-0.25, -0.2) is 0 Å². The lowest BCUT2D eigenvalue weighted by Crippen LogP contribution is -2.56. The first-order valence-electron chi connectivity index (χ1n) is 11.2. The van der Waals surface area contributed by atoms with Crippen LogP contribution in [-0.2, 0) is 22.3 Å². The van der Waals surface area contributed by atoms with Crippen molar-refractivity contribution in [3.8, 4) is 6.19 Å². The smallest absolute Gasteiger partial charge is 0.416 e. The van der Waals surface area contributed by atoms with Crippen LogP contribution in [0.2, 0.25) is 0 Å². The third kappa shape index (κ3) is 4.58. The maximum Gasteiger partial charge on any atom is 0.416 e. The van der Waals surface area contributed by atoms with Gasteiger partial charge in [-0.3, -0.25) is 15.1 Å². The Morgan fingerprint density at radius 2 is 1.94 bits per heavy atom. The number of nitriles is 1. The van der Waals surface area contributed by atoms with E-state index in [1.54, 1.807) is 19.9 Å². The Labute approximate surface area is 190 Å². The fourth-order valence-electron chi connectivity index (χ4n) is 6.18. The van der Waals surface area contributed by atoms with E-state index in [0.29, 0.717) is 30.2 Å². The molecule has 178 valence electrons. The van der Waals surface area contributed by atoms with Crippen molar-refractivity contribution in [2.24, 2.45) is 28.2 Å². The summed E-state index contributed by atoms with van der Waals surface area (Å²) in [5.74, 6) is 0.287. The molecule has 1 aromatic carbocycles. The van der Waals surface area contributed by atoms with Gasteiger partial charge >= 0.3 is 12.1 Å². The predicted molar refractivity (Wildman–Crippen MR) is 114 cm³/mol. The quantitative estimate of drug-likeness (QED) is 0.275. The molecule has 2 atom stereocenters. The number of benzene rings is 1. The number of carboxylic acids is 1. The summed E-state index contributed by atoms with van der Waals surface area (Å²) in [6, 6.07) is 4.86. The van der Waals surface area contributed by atoms with Crippen molar-refractivity contribution in [1.82, 2.24) is 5.32 Å². The lowest BCUT2D eigenvalue weighted by Gasteiger charge is -2.57. The van der Waals surface area contributed by atoms with Gasteiger partial charge in [0.15, 0.2) is 6.19 Å². The van der Waals surface area contributed by atoms with Crippen LogP contribution in [-0.4, -0.2) is 28.6 Å². The summed E-state index contributed by atoms with van der Waals surface area (Å²) in [5, 5.41) is 21.8. The molecule has 4 fully saturated rings. The third-order valence-electron chi connectivity index (χ3n) is 7.55. The molecule has 2 N–H and O–H groups in total. The Kier molecular flexibility index (Phi) is 5.94. The average Bonchev–Trinajstić information content (AvgIpc) is 2.73. The summed E-state index contributed by atoms with van der Waals surface area (Å²) in [6.07, 6.45) is 1.25. The molecule has 0 radical (unpaired) electrons. The molecule has 4 aliphatic rings. The van der Waals surface area contributed by atoms with Crippen molar-refractivity contribution < 1.29 is 27.8 Å². The topological polar surface area (TPSA) is 94.7 Å². The van der Waals surface area contributed by atoms with Crippen LogP contribution in [0.15, 0.2) is 29.3 Å². The Balaban J connectivity index is 1.52. The molecular weight excluding hydrogens is 435 g/mol. The van der Waals surface area contributed by atoms with Crippen molar-refractivity contribution >= 4 is 11.8 Å². The minimum atomic E-state index is -4.44. The lowest BCUT2D eigenvalue weighted by molar-refractivity contribution is -0.166. The Bertz CT molecular complexity index is 983. The molecule has 1 aromatic rings. The van der Waals surface area contributed by atoms with Crippen LogP contribution < -0.4 is 5.32 Å². The summed E-state index contributed by atoms with van der Waals surface area (Å²) < 4.78 is 45.0. The second kappa shape index (κ2) is 8.32. The number of nitrogens with zero attached hydrogens (tertiary/aromatic N) is 2. The second-order valence-electron chi connectivity index (χ2n) is 10.3. The van der Waals surface area contributed by atoms with E-state index in [1.807, 2.05) is 6.19 Å². The van der Waals surface area contributed by atoms with E-state index in [-0.39, 0.29) is 24.5 Å². The molecule has 0 heterocycles. The minimum absolute atomic E-state index is 0.0786. The SMILES string of the molecule is CC(C)(OCc1cccc(C(F)(F)F)c1)C(=NC1C2CC3CC1CC(C(=O)O)(C3)C2)NC#N. The van der Waals surface area contributed by atoms with Gasteiger partial charge in [-0.15, -0.1) is 0 Å². The van der Waals surface area contributed by atoms with Gasteiger partial charge in [0.1, 0.15) is 11.4 Å². The van der Waals surface area contributed by atoms with E-state index in [0.717, 1.165) is 31.4 Å². The minimum Gasteiger partial charge on any atom is -0.481 e. The molecule has 2 unspecified atom stereocenters. The Hall–Kier alpha value is -2.60. The monoisotopic (exact) mass is 463 g/mol. The molecule has 6 nitrogen and oxygen atoms in total. The number of aliphatic imine (C=N–C) groups is 1. The second-order valence-corrected chi connectivity index (χ2v) is 10.3. The summed E-state index contributed by atoms with van der Waals surface area (Å²) in [7, 11) is 0. The van der Waals surface area contributed by atoms with Gasteiger partial charge in [0.2, 0.25) is 0 Å². The highest BCUT2D eigenvalue weighted by atomic mass is 19.4. The van der Waals surface area contributed by atoms with E-state index in [4.69, 9.17) is 9.73 Å². The number of nitrogens with one attached hydrogen (secondary N) is 1. The molecule has 0 saturated heterocycles. The standard InChI is InChI=1S/C24H28F3N3O3/c1-22(2,33-12-14-4-3-5-18(8-14)24(25,26)27)20(29-13-28)30-19-16-6-15-7-17(19)11-23(9-15,10-16)21(31)32/h3-5,8,15-17,19H,6-7,9-12H2,1-2H3,(H,29,30)(H,31,32). The van der Waals surface area contributed by atoms with Crippen molar-refractivity contribution in [2.75, 3.05) is 0 Å². The summed E-state index contributed by atoms with van der Waals surface area (Å²) >= 11 is 0. The fourth-order valence-corrected chi connectivity index (χ4v) is 6.18. The number of carboxylic acid groups (broad SMARTS) is 1. The normalized spacial score (nSPS) is 31.3. The Morgan fingerprint density at radius 3 is 2.52 bits per heavy atom. The maximum atomic E-state index is 13.0. The molecule has 5 rings (SSSR count). The van der Waals surface area contributed by atoms with Gasteiger partial charge in [0, 0.05) is 0 Å². The van der Waals surface area contributed by atoms with Crippen LogP contribution in [0.4, 0.5) is 13.2 Å². The number of carbonyl (C=O) groups is 1. The molecular formula is C24H28F3N3O3.